The van der Waals surface area contributed by atoms with Crippen molar-refractivity contribution in [1.29, 1.82) is 0 Å². The topological polar surface area (TPSA) is 53.6 Å². The van der Waals surface area contributed by atoms with Gasteiger partial charge in [0.05, 0.1) is 6.61 Å². The summed E-state index contributed by atoms with van der Waals surface area (Å²) < 4.78 is 5.47. The van der Waals surface area contributed by atoms with Gasteiger partial charge in [-0.05, 0) is 17.2 Å². The average Bonchev–Trinajstić information content (AvgIpc) is 2.85. The predicted molar refractivity (Wildman–Crippen MR) is 74.4 cm³/mol. The second-order valence-electron chi connectivity index (χ2n) is 4.84. The van der Waals surface area contributed by atoms with Gasteiger partial charge in [0.1, 0.15) is 5.75 Å². The van der Waals surface area contributed by atoms with Gasteiger partial charge in [-0.1, -0.05) is 12.1 Å². The fourth-order valence-electron chi connectivity index (χ4n) is 2.00. The van der Waals surface area contributed by atoms with Gasteiger partial charge in [0, 0.05) is 40.2 Å². The minimum atomic E-state index is -0.0588. The van der Waals surface area contributed by atoms with Crippen LogP contribution in [-0.2, 0) is 13.0 Å². The predicted octanol–water partition coefficient (Wildman–Crippen LogP) is 0.982. The summed E-state index contributed by atoms with van der Waals surface area (Å²) in [6, 6.07) is 6.24. The maximum absolute atomic E-state index is 11.3. The number of amides is 2. The Morgan fingerprint density at radius 1 is 1.37 bits per heavy atom. The molecule has 0 atom stereocenters. The van der Waals surface area contributed by atoms with Crippen molar-refractivity contribution in [1.82, 2.24) is 15.5 Å². The number of carbonyl (C=O) groups is 1. The van der Waals surface area contributed by atoms with Crippen LogP contribution in [0.3, 0.4) is 0 Å². The van der Waals surface area contributed by atoms with Crippen molar-refractivity contribution in [3.05, 3.63) is 29.3 Å². The summed E-state index contributed by atoms with van der Waals surface area (Å²) in [5.74, 6) is 1.02. The highest BCUT2D eigenvalue weighted by molar-refractivity contribution is 5.73. The first-order valence-electron chi connectivity index (χ1n) is 6.57. The summed E-state index contributed by atoms with van der Waals surface area (Å²) >= 11 is 0. The molecule has 1 aliphatic heterocycles. The number of fused-ring (bicyclic) bond motifs is 1. The van der Waals surface area contributed by atoms with Crippen LogP contribution in [0.25, 0.3) is 0 Å². The van der Waals surface area contributed by atoms with Crippen LogP contribution < -0.4 is 15.4 Å². The molecular formula is C14H21N3O2. The molecule has 0 radical (unpaired) electrons. The lowest BCUT2D eigenvalue weighted by atomic mass is 10.1. The number of urea groups is 1. The van der Waals surface area contributed by atoms with E-state index < -0.39 is 0 Å². The second-order valence-corrected chi connectivity index (χ2v) is 4.84. The Balaban J connectivity index is 1.67. The molecule has 0 saturated carbocycles. The summed E-state index contributed by atoms with van der Waals surface area (Å²) in [7, 11) is 3.46. The minimum absolute atomic E-state index is 0.0588. The Labute approximate surface area is 113 Å². The first-order valence-corrected chi connectivity index (χ1v) is 6.57. The number of rotatable bonds is 5. The van der Waals surface area contributed by atoms with E-state index >= 15 is 0 Å². The first-order chi connectivity index (χ1) is 9.16. The van der Waals surface area contributed by atoms with Crippen molar-refractivity contribution < 1.29 is 9.53 Å². The van der Waals surface area contributed by atoms with Crippen LogP contribution in [0.1, 0.15) is 11.1 Å². The molecule has 0 bridgehead atoms. The largest absolute Gasteiger partial charge is 0.493 e. The molecule has 5 heteroatoms. The fraction of sp³-hybridized carbons (Fsp3) is 0.500. The highest BCUT2D eigenvalue weighted by Crippen LogP contribution is 2.25. The Bertz CT molecular complexity index is 446. The van der Waals surface area contributed by atoms with E-state index in [9.17, 15) is 4.79 Å². The van der Waals surface area contributed by atoms with Crippen molar-refractivity contribution in [2.75, 3.05) is 33.8 Å². The van der Waals surface area contributed by atoms with Crippen molar-refractivity contribution in [2.24, 2.45) is 0 Å². The molecule has 19 heavy (non-hydrogen) atoms. The van der Waals surface area contributed by atoms with E-state index in [1.54, 1.807) is 14.1 Å². The van der Waals surface area contributed by atoms with Crippen LogP contribution in [0.5, 0.6) is 5.75 Å². The molecule has 1 aromatic rings. The molecule has 2 rings (SSSR count). The van der Waals surface area contributed by atoms with Gasteiger partial charge in [-0.15, -0.1) is 0 Å². The first kappa shape index (κ1) is 13.7. The third-order valence-electron chi connectivity index (χ3n) is 3.07. The van der Waals surface area contributed by atoms with Crippen LogP contribution >= 0.6 is 0 Å². The monoisotopic (exact) mass is 263 g/mol. The number of hydrogen-bond acceptors (Lipinski definition) is 3. The van der Waals surface area contributed by atoms with Gasteiger partial charge in [-0.3, -0.25) is 0 Å². The maximum Gasteiger partial charge on any atom is 0.316 e. The number of nitrogens with zero attached hydrogens (tertiary/aromatic N) is 1. The molecule has 1 aromatic carbocycles. The molecule has 1 heterocycles. The van der Waals surface area contributed by atoms with E-state index in [0.717, 1.165) is 31.9 Å². The van der Waals surface area contributed by atoms with Gasteiger partial charge in [-0.25, -0.2) is 4.79 Å². The summed E-state index contributed by atoms with van der Waals surface area (Å²) in [5.41, 5.74) is 2.54. The van der Waals surface area contributed by atoms with Crippen LogP contribution in [0.2, 0.25) is 0 Å². The Hall–Kier alpha value is -1.75. The molecule has 0 unspecified atom stereocenters. The lowest BCUT2D eigenvalue weighted by Gasteiger charge is -2.12. The Morgan fingerprint density at radius 2 is 2.21 bits per heavy atom. The highest BCUT2D eigenvalue weighted by atomic mass is 16.5. The lowest BCUT2D eigenvalue weighted by Crippen LogP contribution is -2.38. The number of nitrogens with one attached hydrogen (secondary N) is 2. The molecule has 2 N–H and O–H groups in total. The lowest BCUT2D eigenvalue weighted by molar-refractivity contribution is 0.217. The summed E-state index contributed by atoms with van der Waals surface area (Å²) in [5, 5.41) is 6.13. The Morgan fingerprint density at radius 3 is 3.00 bits per heavy atom. The zero-order chi connectivity index (χ0) is 13.7. The molecule has 0 aromatic heterocycles. The summed E-state index contributed by atoms with van der Waals surface area (Å²) in [6.45, 7) is 2.99. The third-order valence-corrected chi connectivity index (χ3v) is 3.07. The zero-order valence-electron chi connectivity index (χ0n) is 11.5. The number of hydrogen-bond donors (Lipinski definition) is 2. The Kier molecular flexibility index (Phi) is 4.63. The number of ether oxygens (including phenoxy) is 1. The van der Waals surface area contributed by atoms with E-state index in [0.29, 0.717) is 6.54 Å². The van der Waals surface area contributed by atoms with Crippen LogP contribution in [0.15, 0.2) is 18.2 Å². The molecule has 104 valence electrons. The molecule has 1 aliphatic rings. The SMILES string of the molecule is CN(C)C(=O)NCCNCc1ccc2c(c1)CCO2. The molecular weight excluding hydrogens is 242 g/mol. The average molecular weight is 263 g/mol. The molecule has 0 fully saturated rings. The third kappa shape index (κ3) is 3.86. The molecule has 0 aliphatic carbocycles. The molecule has 0 spiro atoms. The highest BCUT2D eigenvalue weighted by Gasteiger charge is 2.11. The number of benzene rings is 1. The van der Waals surface area contributed by atoms with Gasteiger partial charge in [-0.2, -0.15) is 0 Å². The second kappa shape index (κ2) is 6.43. The van der Waals surface area contributed by atoms with Gasteiger partial charge < -0.3 is 20.3 Å². The normalized spacial score (nSPS) is 12.7. The minimum Gasteiger partial charge on any atom is -0.493 e. The van der Waals surface area contributed by atoms with Gasteiger partial charge >= 0.3 is 6.03 Å². The van der Waals surface area contributed by atoms with Crippen molar-refractivity contribution in [3.8, 4) is 5.75 Å². The maximum atomic E-state index is 11.3. The summed E-state index contributed by atoms with van der Waals surface area (Å²) in [4.78, 5) is 12.8. The quantitative estimate of drug-likeness (QED) is 0.779. The standard InChI is InChI=1S/C14H21N3O2/c1-17(2)14(18)16-7-6-15-10-11-3-4-13-12(9-11)5-8-19-13/h3-4,9,15H,5-8,10H2,1-2H3,(H,16,18). The van der Waals surface area contributed by atoms with Crippen molar-refractivity contribution in [2.45, 2.75) is 13.0 Å². The van der Waals surface area contributed by atoms with E-state index in [2.05, 4.69) is 22.8 Å². The molecule has 2 amide bonds. The van der Waals surface area contributed by atoms with Gasteiger partial charge in [0.25, 0.3) is 0 Å². The van der Waals surface area contributed by atoms with Gasteiger partial charge in [0.15, 0.2) is 0 Å². The van der Waals surface area contributed by atoms with Crippen LogP contribution in [0.4, 0.5) is 4.79 Å². The van der Waals surface area contributed by atoms with Crippen LogP contribution in [-0.4, -0.2) is 44.7 Å². The smallest absolute Gasteiger partial charge is 0.316 e. The van der Waals surface area contributed by atoms with Crippen molar-refractivity contribution >= 4 is 6.03 Å². The van der Waals surface area contributed by atoms with Crippen LogP contribution in [0, 0.1) is 0 Å². The number of carbonyl (C=O) groups excluding carboxylic acids is 1. The van der Waals surface area contributed by atoms with Crippen molar-refractivity contribution in [3.63, 3.8) is 0 Å². The fourth-order valence-corrected chi connectivity index (χ4v) is 2.00. The van der Waals surface area contributed by atoms with E-state index in [-0.39, 0.29) is 6.03 Å². The molecule has 0 saturated heterocycles. The van der Waals surface area contributed by atoms with E-state index in [4.69, 9.17) is 4.74 Å². The van der Waals surface area contributed by atoms with E-state index in [1.165, 1.54) is 16.0 Å². The zero-order valence-corrected chi connectivity index (χ0v) is 11.5. The van der Waals surface area contributed by atoms with Gasteiger partial charge in [0.2, 0.25) is 0 Å². The summed E-state index contributed by atoms with van der Waals surface area (Å²) in [6.07, 6.45) is 1.00. The van der Waals surface area contributed by atoms with E-state index in [1.807, 2.05) is 6.07 Å². The molecule has 5 nitrogen and oxygen atoms in total.